The fourth-order valence-corrected chi connectivity index (χ4v) is 3.68. The molecule has 0 atom stereocenters. The van der Waals surface area contributed by atoms with Crippen molar-refractivity contribution in [2.45, 2.75) is 19.8 Å². The number of primary amides is 1. The van der Waals surface area contributed by atoms with Crippen LogP contribution in [-0.2, 0) is 4.74 Å². The minimum Gasteiger partial charge on any atom is -0.462 e. The van der Waals surface area contributed by atoms with Crippen molar-refractivity contribution in [3.8, 4) is 0 Å². The summed E-state index contributed by atoms with van der Waals surface area (Å²) in [7, 11) is 2.08. The van der Waals surface area contributed by atoms with Crippen LogP contribution in [-0.4, -0.2) is 49.0 Å². The van der Waals surface area contributed by atoms with Gasteiger partial charge in [0.25, 0.3) is 5.91 Å². The van der Waals surface area contributed by atoms with Crippen molar-refractivity contribution in [2.75, 3.05) is 38.1 Å². The van der Waals surface area contributed by atoms with Crippen LogP contribution >= 0.6 is 0 Å². The average molecular weight is 451 g/mol. The van der Waals surface area contributed by atoms with E-state index >= 15 is 4.39 Å². The minimum absolute atomic E-state index is 0.212. The molecule has 0 bridgehead atoms. The molecule has 174 valence electrons. The number of carbonyl (C=O) groups is 1. The van der Waals surface area contributed by atoms with E-state index in [9.17, 15) is 4.79 Å². The Balaban J connectivity index is 1.98. The molecular formula is C26H31FN4O2. The molecule has 1 amide bonds. The maximum Gasteiger partial charge on any atom is 0.250 e. The van der Waals surface area contributed by atoms with Crippen LogP contribution in [0.4, 0.5) is 10.2 Å². The van der Waals surface area contributed by atoms with Crippen molar-refractivity contribution < 1.29 is 13.9 Å². The van der Waals surface area contributed by atoms with E-state index in [1.165, 1.54) is 6.08 Å². The van der Waals surface area contributed by atoms with Gasteiger partial charge in [0.2, 0.25) is 0 Å². The van der Waals surface area contributed by atoms with E-state index in [0.29, 0.717) is 41.4 Å². The lowest BCUT2D eigenvalue weighted by Crippen LogP contribution is -2.44. The summed E-state index contributed by atoms with van der Waals surface area (Å²) < 4.78 is 21.3. The maximum atomic E-state index is 15.5. The van der Waals surface area contributed by atoms with E-state index in [1.54, 1.807) is 49.4 Å². The van der Waals surface area contributed by atoms with E-state index < -0.39 is 11.7 Å². The van der Waals surface area contributed by atoms with Gasteiger partial charge in [0.15, 0.2) is 0 Å². The number of halogens is 1. The van der Waals surface area contributed by atoms with Crippen molar-refractivity contribution >= 4 is 17.3 Å². The quantitative estimate of drug-likeness (QED) is 0.489. The summed E-state index contributed by atoms with van der Waals surface area (Å²) in [6.07, 6.45) is 12.9. The number of anilines is 1. The second kappa shape index (κ2) is 11.4. The summed E-state index contributed by atoms with van der Waals surface area (Å²) in [5.41, 5.74) is 6.47. The Bertz CT molecular complexity index is 1040. The Morgan fingerprint density at radius 1 is 1.24 bits per heavy atom. The molecule has 1 aromatic heterocycles. The molecular weight excluding hydrogens is 419 g/mol. The molecule has 1 aromatic rings. The lowest BCUT2D eigenvalue weighted by Gasteiger charge is -2.33. The Morgan fingerprint density at radius 3 is 2.70 bits per heavy atom. The number of allylic oxidation sites excluding steroid dienone is 10. The molecule has 7 heteroatoms. The first-order valence-corrected chi connectivity index (χ1v) is 11.0. The summed E-state index contributed by atoms with van der Waals surface area (Å²) in [6.45, 7) is 8.86. The maximum absolute atomic E-state index is 15.5. The van der Waals surface area contributed by atoms with Gasteiger partial charge in [-0.15, -0.1) is 0 Å². The van der Waals surface area contributed by atoms with Gasteiger partial charge in [-0.3, -0.25) is 4.79 Å². The van der Waals surface area contributed by atoms with Crippen LogP contribution in [0, 0.1) is 0 Å². The highest BCUT2D eigenvalue weighted by Crippen LogP contribution is 2.31. The summed E-state index contributed by atoms with van der Waals surface area (Å²) in [5, 5.41) is 0. The number of ether oxygens (including phenoxy) is 1. The lowest BCUT2D eigenvalue weighted by molar-refractivity contribution is 0.0999. The van der Waals surface area contributed by atoms with Gasteiger partial charge >= 0.3 is 0 Å². The third-order valence-corrected chi connectivity index (χ3v) is 5.52. The topological polar surface area (TPSA) is 71.7 Å². The van der Waals surface area contributed by atoms with Crippen molar-refractivity contribution in [2.24, 2.45) is 5.73 Å². The Morgan fingerprint density at radius 2 is 2.00 bits per heavy atom. The number of piperazine rings is 1. The van der Waals surface area contributed by atoms with E-state index in [-0.39, 0.29) is 5.56 Å². The zero-order chi connectivity index (χ0) is 23.8. The van der Waals surface area contributed by atoms with Crippen molar-refractivity contribution in [1.82, 2.24) is 9.88 Å². The first kappa shape index (κ1) is 24.2. The van der Waals surface area contributed by atoms with Gasteiger partial charge in [0, 0.05) is 37.8 Å². The number of pyridine rings is 1. The molecule has 1 saturated heterocycles. The molecule has 1 aliphatic carbocycles. The normalized spacial score (nSPS) is 22.9. The third kappa shape index (κ3) is 6.52. The van der Waals surface area contributed by atoms with Gasteiger partial charge in [-0.05, 0) is 51.1 Å². The molecule has 0 aromatic carbocycles. The van der Waals surface area contributed by atoms with Crippen LogP contribution in [0.1, 0.15) is 35.8 Å². The fraction of sp³-hybridized carbons (Fsp3) is 0.308. The molecule has 0 unspecified atom stereocenters. The largest absolute Gasteiger partial charge is 0.462 e. The highest BCUT2D eigenvalue weighted by atomic mass is 19.1. The minimum atomic E-state index is -0.631. The zero-order valence-electron chi connectivity index (χ0n) is 19.3. The van der Waals surface area contributed by atoms with Crippen molar-refractivity contribution in [3.63, 3.8) is 0 Å². The molecule has 2 aliphatic rings. The number of rotatable bonds is 7. The number of hydrogen-bond donors (Lipinski definition) is 1. The van der Waals surface area contributed by atoms with Gasteiger partial charge in [-0.25, -0.2) is 9.37 Å². The number of amides is 1. The van der Waals surface area contributed by atoms with Crippen molar-refractivity contribution in [3.05, 3.63) is 89.8 Å². The van der Waals surface area contributed by atoms with Crippen LogP contribution in [0.2, 0.25) is 0 Å². The molecule has 2 N–H and O–H groups in total. The second-order valence-electron chi connectivity index (χ2n) is 8.03. The van der Waals surface area contributed by atoms with Crippen LogP contribution < -0.4 is 10.6 Å². The summed E-state index contributed by atoms with van der Waals surface area (Å²) in [6, 6.07) is 3.43. The lowest BCUT2D eigenvalue weighted by atomic mass is 9.98. The van der Waals surface area contributed by atoms with Gasteiger partial charge in [-0.1, -0.05) is 30.9 Å². The third-order valence-electron chi connectivity index (χ3n) is 5.52. The summed E-state index contributed by atoms with van der Waals surface area (Å²) in [4.78, 5) is 21.2. The molecule has 1 aliphatic heterocycles. The summed E-state index contributed by atoms with van der Waals surface area (Å²) >= 11 is 0. The van der Waals surface area contributed by atoms with Gasteiger partial charge in [-0.2, -0.15) is 0 Å². The number of carbonyl (C=O) groups excluding carboxylic acids is 1. The molecule has 0 radical (unpaired) electrons. The number of nitrogens with two attached hydrogens (primary N) is 1. The predicted octanol–water partition coefficient (Wildman–Crippen LogP) is 4.51. The number of nitrogens with zero attached hydrogens (tertiary/aromatic N) is 3. The molecule has 2 heterocycles. The second-order valence-corrected chi connectivity index (χ2v) is 8.03. The Kier molecular flexibility index (Phi) is 8.38. The Hall–Kier alpha value is -3.45. The first-order valence-electron chi connectivity index (χ1n) is 11.0. The molecule has 0 saturated carbocycles. The zero-order valence-corrected chi connectivity index (χ0v) is 19.3. The molecule has 3 rings (SSSR count). The van der Waals surface area contributed by atoms with Gasteiger partial charge in [0.1, 0.15) is 23.2 Å². The smallest absolute Gasteiger partial charge is 0.250 e. The molecule has 0 spiro atoms. The summed E-state index contributed by atoms with van der Waals surface area (Å²) in [5.74, 6) is 0.561. The number of hydrogen-bond acceptors (Lipinski definition) is 5. The van der Waals surface area contributed by atoms with E-state index in [2.05, 4.69) is 23.4 Å². The molecule has 1 fully saturated rings. The van der Waals surface area contributed by atoms with Gasteiger partial charge < -0.3 is 20.3 Å². The Labute approximate surface area is 194 Å². The fourth-order valence-electron chi connectivity index (χ4n) is 3.68. The van der Waals surface area contributed by atoms with Crippen LogP contribution in [0.15, 0.2) is 78.6 Å². The van der Waals surface area contributed by atoms with Crippen LogP contribution in [0.5, 0.6) is 0 Å². The predicted molar refractivity (Wildman–Crippen MR) is 131 cm³/mol. The number of likely N-dealkylation sites (N-methyl/N-ethyl adjacent to an activating group) is 1. The van der Waals surface area contributed by atoms with Crippen LogP contribution in [0.25, 0.3) is 5.57 Å². The average Bonchev–Trinajstić information content (AvgIpc) is 2.77. The monoisotopic (exact) mass is 450 g/mol. The van der Waals surface area contributed by atoms with Gasteiger partial charge in [0.05, 0.1) is 11.3 Å². The molecule has 33 heavy (non-hydrogen) atoms. The highest BCUT2D eigenvalue weighted by molar-refractivity contribution is 5.98. The van der Waals surface area contributed by atoms with E-state index in [0.717, 1.165) is 26.2 Å². The van der Waals surface area contributed by atoms with Crippen molar-refractivity contribution in [1.29, 1.82) is 0 Å². The van der Waals surface area contributed by atoms with E-state index in [4.69, 9.17) is 15.5 Å². The van der Waals surface area contributed by atoms with Crippen LogP contribution in [0.3, 0.4) is 0 Å². The SMILES string of the molecule is C=C/C=C\C=C(/C)OC1=C/C(F)=C(/c2nc(N3CCN(C)CC3)ccc2C(N)=O)CC/C=C\1. The number of aromatic nitrogens is 1. The highest BCUT2D eigenvalue weighted by Gasteiger charge is 2.22. The molecule has 6 nitrogen and oxygen atoms in total. The standard InChI is InChI=1S/C26H31FN4O2/c1-4-5-6-9-19(2)33-20-10-7-8-11-21(23(27)18-20)25-22(26(28)32)12-13-24(29-25)31-16-14-30(3)15-17-31/h4-7,9-10,12-13,18H,1,8,11,14-17H2,2-3H3,(H2,28,32)/b6-5-,10-7-,19-9+,20-18+,23-21-. The first-order chi connectivity index (χ1) is 15.9. The van der Waals surface area contributed by atoms with E-state index in [1.807, 2.05) is 6.08 Å².